The van der Waals surface area contributed by atoms with Gasteiger partial charge in [-0.3, -0.25) is 0 Å². The van der Waals surface area contributed by atoms with E-state index in [1.54, 1.807) is 6.08 Å². The fourth-order valence-electron chi connectivity index (χ4n) is 2.41. The van der Waals surface area contributed by atoms with Crippen LogP contribution in [-0.2, 0) is 4.74 Å². The molecule has 0 amide bonds. The van der Waals surface area contributed by atoms with Crippen molar-refractivity contribution in [2.45, 2.75) is 25.5 Å². The first-order chi connectivity index (χ1) is 8.81. The van der Waals surface area contributed by atoms with E-state index in [1.165, 1.54) is 6.42 Å². The van der Waals surface area contributed by atoms with E-state index in [-0.39, 0.29) is 6.23 Å². The second-order valence-corrected chi connectivity index (χ2v) is 4.89. The van der Waals surface area contributed by atoms with Crippen molar-refractivity contribution >= 4 is 28.6 Å². The van der Waals surface area contributed by atoms with Crippen LogP contribution in [0.5, 0.6) is 0 Å². The third kappa shape index (κ3) is 1.84. The Kier molecular flexibility index (Phi) is 3.10. The highest BCUT2D eigenvalue weighted by atomic mass is 35.5. The van der Waals surface area contributed by atoms with Crippen LogP contribution in [0.2, 0.25) is 5.02 Å². The first kappa shape index (κ1) is 11.8. The molecule has 3 rings (SSSR count). The molecule has 0 radical (unpaired) electrons. The number of ether oxygens (including phenoxy) is 1. The smallest absolute Gasteiger partial charge is 0.150 e. The van der Waals surface area contributed by atoms with Crippen molar-refractivity contribution in [2.24, 2.45) is 0 Å². The van der Waals surface area contributed by atoms with Gasteiger partial charge < -0.3 is 4.74 Å². The Morgan fingerprint density at radius 1 is 1.44 bits per heavy atom. The van der Waals surface area contributed by atoms with E-state index in [4.69, 9.17) is 16.3 Å². The van der Waals surface area contributed by atoms with Crippen LogP contribution in [0.15, 0.2) is 24.9 Å². The van der Waals surface area contributed by atoms with Gasteiger partial charge in [-0.05, 0) is 30.9 Å². The summed E-state index contributed by atoms with van der Waals surface area (Å²) in [5.74, 6) is 0. The highest BCUT2D eigenvalue weighted by Crippen LogP contribution is 2.31. The first-order valence-corrected chi connectivity index (χ1v) is 6.59. The average molecular weight is 263 g/mol. The number of nitrogens with zero attached hydrogens (tertiary/aromatic N) is 2. The van der Waals surface area contributed by atoms with Crippen molar-refractivity contribution in [3.05, 3.63) is 35.5 Å². The molecule has 3 nitrogen and oxygen atoms in total. The molecule has 0 N–H and O–H groups in total. The quantitative estimate of drug-likeness (QED) is 0.817. The van der Waals surface area contributed by atoms with Gasteiger partial charge in [0.25, 0.3) is 0 Å². The van der Waals surface area contributed by atoms with E-state index in [9.17, 15) is 0 Å². The summed E-state index contributed by atoms with van der Waals surface area (Å²) in [6.45, 7) is 4.57. The van der Waals surface area contributed by atoms with Crippen LogP contribution in [0.3, 0.4) is 0 Å². The number of hydrogen-bond donors (Lipinski definition) is 0. The fourth-order valence-corrected chi connectivity index (χ4v) is 2.69. The van der Waals surface area contributed by atoms with Crippen molar-refractivity contribution in [1.82, 2.24) is 9.78 Å². The maximum Gasteiger partial charge on any atom is 0.150 e. The molecule has 18 heavy (non-hydrogen) atoms. The molecule has 1 atom stereocenters. The summed E-state index contributed by atoms with van der Waals surface area (Å²) in [5, 5.41) is 6.10. The summed E-state index contributed by atoms with van der Waals surface area (Å²) in [7, 11) is 0. The molecule has 0 aliphatic carbocycles. The second-order valence-electron chi connectivity index (χ2n) is 4.52. The first-order valence-electron chi connectivity index (χ1n) is 6.21. The minimum atomic E-state index is 0.0434. The molecular weight excluding hydrogens is 248 g/mol. The predicted molar refractivity (Wildman–Crippen MR) is 73.7 cm³/mol. The molecule has 0 saturated carbocycles. The van der Waals surface area contributed by atoms with Crippen molar-refractivity contribution in [3.63, 3.8) is 0 Å². The lowest BCUT2D eigenvalue weighted by Gasteiger charge is -2.23. The number of halogens is 1. The Hall–Kier alpha value is -1.32. The average Bonchev–Trinajstić information content (AvgIpc) is 2.85. The van der Waals surface area contributed by atoms with Crippen LogP contribution >= 0.6 is 11.6 Å². The molecule has 1 aliphatic heterocycles. The molecule has 4 heteroatoms. The second kappa shape index (κ2) is 4.75. The largest absolute Gasteiger partial charge is 0.356 e. The molecule has 94 valence electrons. The number of rotatable bonds is 2. The normalized spacial score (nSPS) is 20.2. The third-order valence-corrected chi connectivity index (χ3v) is 3.81. The molecule has 1 aliphatic rings. The Labute approximate surface area is 111 Å². The zero-order chi connectivity index (χ0) is 12.5. The van der Waals surface area contributed by atoms with Gasteiger partial charge >= 0.3 is 0 Å². The molecule has 2 heterocycles. The number of hydrogen-bond acceptors (Lipinski definition) is 2. The topological polar surface area (TPSA) is 27.1 Å². The molecule has 1 fully saturated rings. The lowest BCUT2D eigenvalue weighted by molar-refractivity contribution is -0.0366. The fraction of sp³-hybridized carbons (Fsp3) is 0.357. The van der Waals surface area contributed by atoms with Crippen molar-refractivity contribution < 1.29 is 4.74 Å². The van der Waals surface area contributed by atoms with Crippen LogP contribution in [0.25, 0.3) is 17.0 Å². The van der Waals surface area contributed by atoms with Crippen LogP contribution in [-0.4, -0.2) is 16.4 Å². The van der Waals surface area contributed by atoms with Gasteiger partial charge in [0.05, 0.1) is 16.7 Å². The van der Waals surface area contributed by atoms with Gasteiger partial charge in [0, 0.05) is 12.0 Å². The van der Waals surface area contributed by atoms with E-state index in [0.29, 0.717) is 5.02 Å². The summed E-state index contributed by atoms with van der Waals surface area (Å²) in [6, 6.07) is 4.00. The van der Waals surface area contributed by atoms with Crippen LogP contribution in [0.1, 0.15) is 31.1 Å². The molecule has 0 spiro atoms. The van der Waals surface area contributed by atoms with Gasteiger partial charge in [-0.15, -0.1) is 0 Å². The lowest BCUT2D eigenvalue weighted by Crippen LogP contribution is -2.18. The predicted octanol–water partition coefficient (Wildman–Crippen LogP) is 4.03. The van der Waals surface area contributed by atoms with Crippen molar-refractivity contribution in [2.75, 3.05) is 6.61 Å². The van der Waals surface area contributed by atoms with Crippen molar-refractivity contribution in [1.29, 1.82) is 0 Å². The number of benzene rings is 1. The van der Waals surface area contributed by atoms with Gasteiger partial charge in [-0.2, -0.15) is 5.10 Å². The van der Waals surface area contributed by atoms with E-state index < -0.39 is 0 Å². The highest BCUT2D eigenvalue weighted by Gasteiger charge is 2.19. The zero-order valence-corrected chi connectivity index (χ0v) is 10.9. The van der Waals surface area contributed by atoms with Gasteiger partial charge in [0.15, 0.2) is 6.23 Å². The Balaban J connectivity index is 2.09. The number of fused-ring (bicyclic) bond motifs is 1. The molecule has 1 saturated heterocycles. The van der Waals surface area contributed by atoms with Crippen molar-refractivity contribution in [3.8, 4) is 0 Å². The van der Waals surface area contributed by atoms with Crippen LogP contribution in [0, 0.1) is 0 Å². The molecule has 0 bridgehead atoms. The molecule has 2 aromatic rings. The van der Waals surface area contributed by atoms with Crippen LogP contribution in [0.4, 0.5) is 0 Å². The van der Waals surface area contributed by atoms with Gasteiger partial charge in [-0.1, -0.05) is 30.3 Å². The maximum atomic E-state index is 6.33. The van der Waals surface area contributed by atoms with Gasteiger partial charge in [-0.25, -0.2) is 4.68 Å². The highest BCUT2D eigenvalue weighted by molar-refractivity contribution is 6.36. The Morgan fingerprint density at radius 3 is 3.06 bits per heavy atom. The molecule has 1 unspecified atom stereocenters. The summed E-state index contributed by atoms with van der Waals surface area (Å²) in [4.78, 5) is 0. The molecular formula is C14H15ClN2O. The minimum absolute atomic E-state index is 0.0434. The summed E-state index contributed by atoms with van der Waals surface area (Å²) < 4.78 is 7.70. The number of aromatic nitrogens is 2. The molecule has 1 aromatic heterocycles. The Morgan fingerprint density at radius 2 is 2.33 bits per heavy atom. The van der Waals surface area contributed by atoms with E-state index in [2.05, 4.69) is 11.7 Å². The zero-order valence-electron chi connectivity index (χ0n) is 10.1. The van der Waals surface area contributed by atoms with E-state index in [0.717, 1.165) is 35.9 Å². The minimum Gasteiger partial charge on any atom is -0.356 e. The standard InChI is InChI=1S/C14H15ClN2O/c1-2-10-6-7-12-11(14(10)15)9-16-17(12)13-5-3-4-8-18-13/h2,6-7,9,13H,1,3-5,8H2. The maximum absolute atomic E-state index is 6.33. The Bertz CT molecular complexity index is 585. The van der Waals surface area contributed by atoms with Gasteiger partial charge in [0.2, 0.25) is 0 Å². The van der Waals surface area contributed by atoms with E-state index >= 15 is 0 Å². The van der Waals surface area contributed by atoms with Crippen LogP contribution < -0.4 is 0 Å². The summed E-state index contributed by atoms with van der Waals surface area (Å²) >= 11 is 6.33. The van der Waals surface area contributed by atoms with Gasteiger partial charge in [0.1, 0.15) is 0 Å². The summed E-state index contributed by atoms with van der Waals surface area (Å²) in [5.41, 5.74) is 1.96. The SMILES string of the molecule is C=Cc1ccc2c(cnn2C2CCCCO2)c1Cl. The molecule has 1 aromatic carbocycles. The van der Waals surface area contributed by atoms with E-state index in [1.807, 2.05) is 23.0 Å². The summed E-state index contributed by atoms with van der Waals surface area (Å²) in [6.07, 6.45) is 6.94. The monoisotopic (exact) mass is 262 g/mol. The lowest BCUT2D eigenvalue weighted by atomic mass is 10.1. The third-order valence-electron chi connectivity index (χ3n) is 3.39.